The Balaban J connectivity index is 3.31. The quantitative estimate of drug-likeness (QED) is 0.576. The molecule has 0 aliphatic carbocycles. The van der Waals surface area contributed by atoms with Gasteiger partial charge in [0, 0.05) is 6.07 Å². The van der Waals surface area contributed by atoms with Crippen molar-refractivity contribution in [3.63, 3.8) is 0 Å². The molecule has 5 nitrogen and oxygen atoms in total. The first-order valence-corrected chi connectivity index (χ1v) is 3.94. The van der Waals surface area contributed by atoms with Crippen LogP contribution < -0.4 is 0 Å². The fraction of sp³-hybridized carbons (Fsp3) is 0.250. The monoisotopic (exact) mass is 231 g/mol. The van der Waals surface area contributed by atoms with Crippen LogP contribution in [0.4, 0.5) is 19.0 Å². The van der Waals surface area contributed by atoms with Crippen LogP contribution in [-0.2, 0) is 12.6 Å². The average Bonchev–Trinajstić information content (AvgIpc) is 2.16. The highest BCUT2D eigenvalue weighted by molar-refractivity contribution is 5.32. The van der Waals surface area contributed by atoms with Crippen LogP contribution in [0.2, 0.25) is 0 Å². The number of hydrogen-bond donors (Lipinski definition) is 0. The molecular weight excluding hydrogens is 227 g/mol. The lowest BCUT2D eigenvalue weighted by atomic mass is 10.2. The lowest BCUT2D eigenvalue weighted by Gasteiger charge is -2.05. The van der Waals surface area contributed by atoms with Gasteiger partial charge in [0.05, 0.1) is 11.6 Å². The fourth-order valence-electron chi connectivity index (χ4n) is 1.00. The van der Waals surface area contributed by atoms with Crippen LogP contribution in [0.1, 0.15) is 11.3 Å². The van der Waals surface area contributed by atoms with Gasteiger partial charge in [0.25, 0.3) is 0 Å². The Hall–Kier alpha value is -2.17. The van der Waals surface area contributed by atoms with E-state index in [4.69, 9.17) is 5.26 Å². The summed E-state index contributed by atoms with van der Waals surface area (Å²) in [6, 6.07) is 2.53. The van der Waals surface area contributed by atoms with Crippen molar-refractivity contribution in [2.75, 3.05) is 0 Å². The number of nitro groups is 1. The van der Waals surface area contributed by atoms with Crippen LogP contribution in [0, 0.1) is 21.4 Å². The summed E-state index contributed by atoms with van der Waals surface area (Å²) >= 11 is 0. The lowest BCUT2D eigenvalue weighted by Crippen LogP contribution is -2.08. The Kier molecular flexibility index (Phi) is 3.08. The first kappa shape index (κ1) is 11.9. The third kappa shape index (κ3) is 2.66. The van der Waals surface area contributed by atoms with E-state index in [9.17, 15) is 23.3 Å². The maximum atomic E-state index is 12.3. The van der Waals surface area contributed by atoms with Gasteiger partial charge < -0.3 is 10.1 Å². The van der Waals surface area contributed by atoms with Gasteiger partial charge in [0.15, 0.2) is 5.69 Å². The summed E-state index contributed by atoms with van der Waals surface area (Å²) in [7, 11) is 0. The number of pyridine rings is 1. The fourth-order valence-corrected chi connectivity index (χ4v) is 1.00. The van der Waals surface area contributed by atoms with Crippen molar-refractivity contribution in [1.82, 2.24) is 4.98 Å². The predicted octanol–water partition coefficient (Wildman–Crippen LogP) is 2.07. The number of aromatic nitrogens is 1. The molecule has 0 amide bonds. The summed E-state index contributed by atoms with van der Waals surface area (Å²) in [5, 5.41) is 18.6. The summed E-state index contributed by atoms with van der Waals surface area (Å²) in [5.41, 5.74) is -1.46. The summed E-state index contributed by atoms with van der Waals surface area (Å²) in [5.74, 6) is -0.917. The number of nitriles is 1. The minimum Gasteiger partial charge on any atom is -0.358 e. The van der Waals surface area contributed by atoms with E-state index in [1.807, 2.05) is 0 Å². The Bertz CT molecular complexity index is 465. The summed E-state index contributed by atoms with van der Waals surface area (Å²) in [4.78, 5) is 12.6. The van der Waals surface area contributed by atoms with Crippen LogP contribution in [0.5, 0.6) is 0 Å². The molecule has 0 saturated carbocycles. The Morgan fingerprint density at radius 3 is 2.56 bits per heavy atom. The van der Waals surface area contributed by atoms with Crippen LogP contribution >= 0.6 is 0 Å². The van der Waals surface area contributed by atoms with Crippen LogP contribution in [-0.4, -0.2) is 9.91 Å². The molecule has 0 radical (unpaired) electrons. The Labute approximate surface area is 87.3 Å². The molecule has 84 valence electrons. The molecule has 8 heteroatoms. The minimum absolute atomic E-state index is 0.274. The molecule has 1 aromatic rings. The molecule has 0 unspecified atom stereocenters. The van der Waals surface area contributed by atoms with Gasteiger partial charge in [-0.05, 0) is 16.0 Å². The van der Waals surface area contributed by atoms with E-state index in [1.165, 1.54) is 0 Å². The van der Waals surface area contributed by atoms with E-state index in [-0.39, 0.29) is 5.69 Å². The largest absolute Gasteiger partial charge is 0.416 e. The van der Waals surface area contributed by atoms with Crippen molar-refractivity contribution in [2.24, 2.45) is 0 Å². The standard InChI is InChI=1S/C8H4F3N3O2/c9-8(10,11)5-3-6(1-2-12)13-7(4-5)14(15)16/h3-4H,1H2. The molecule has 0 saturated heterocycles. The second-order valence-electron chi connectivity index (χ2n) is 2.80. The zero-order valence-corrected chi connectivity index (χ0v) is 7.65. The highest BCUT2D eigenvalue weighted by Gasteiger charge is 2.33. The number of alkyl halides is 3. The number of nitrogens with zero attached hydrogens (tertiary/aromatic N) is 3. The van der Waals surface area contributed by atoms with Crippen LogP contribution in [0.15, 0.2) is 12.1 Å². The number of hydrogen-bond acceptors (Lipinski definition) is 4. The molecule has 0 bridgehead atoms. The molecular formula is C8H4F3N3O2. The van der Waals surface area contributed by atoms with Crippen molar-refractivity contribution in [3.8, 4) is 6.07 Å². The van der Waals surface area contributed by atoms with Gasteiger partial charge in [-0.2, -0.15) is 18.4 Å². The smallest absolute Gasteiger partial charge is 0.358 e. The van der Waals surface area contributed by atoms with Crippen molar-refractivity contribution in [2.45, 2.75) is 12.6 Å². The molecule has 0 fully saturated rings. The minimum atomic E-state index is -4.70. The van der Waals surface area contributed by atoms with E-state index < -0.39 is 28.9 Å². The Morgan fingerprint density at radius 1 is 1.50 bits per heavy atom. The van der Waals surface area contributed by atoms with Crippen molar-refractivity contribution in [3.05, 3.63) is 33.5 Å². The molecule has 0 aliphatic heterocycles. The molecule has 16 heavy (non-hydrogen) atoms. The van der Waals surface area contributed by atoms with Gasteiger partial charge in [-0.25, -0.2) is 0 Å². The summed E-state index contributed by atoms with van der Waals surface area (Å²) in [6.45, 7) is 0. The van der Waals surface area contributed by atoms with Crippen molar-refractivity contribution in [1.29, 1.82) is 5.26 Å². The average molecular weight is 231 g/mol. The van der Waals surface area contributed by atoms with Crippen molar-refractivity contribution < 1.29 is 18.1 Å². The first-order valence-electron chi connectivity index (χ1n) is 3.94. The molecule has 1 rings (SSSR count). The predicted molar refractivity (Wildman–Crippen MR) is 45.2 cm³/mol. The molecule has 0 aromatic carbocycles. The van der Waals surface area contributed by atoms with Gasteiger partial charge in [-0.1, -0.05) is 0 Å². The molecule has 0 spiro atoms. The molecule has 0 N–H and O–H groups in total. The highest BCUT2D eigenvalue weighted by Crippen LogP contribution is 2.31. The third-order valence-corrected chi connectivity index (χ3v) is 1.64. The molecule has 1 aromatic heterocycles. The normalized spacial score (nSPS) is 10.9. The SMILES string of the molecule is N#CCc1cc(C(F)(F)F)cc([N+](=O)[O-])n1. The first-order chi connectivity index (χ1) is 7.34. The zero-order chi connectivity index (χ0) is 12.3. The topological polar surface area (TPSA) is 79.8 Å². The van der Waals surface area contributed by atoms with E-state index in [0.29, 0.717) is 12.1 Å². The third-order valence-electron chi connectivity index (χ3n) is 1.64. The van der Waals surface area contributed by atoms with Gasteiger partial charge in [-0.15, -0.1) is 0 Å². The van der Waals surface area contributed by atoms with E-state index in [0.717, 1.165) is 0 Å². The maximum absolute atomic E-state index is 12.3. The van der Waals surface area contributed by atoms with Gasteiger partial charge >= 0.3 is 12.0 Å². The molecule has 1 heterocycles. The lowest BCUT2D eigenvalue weighted by molar-refractivity contribution is -0.389. The Morgan fingerprint density at radius 2 is 2.12 bits per heavy atom. The van der Waals surface area contributed by atoms with E-state index in [2.05, 4.69) is 4.98 Å². The van der Waals surface area contributed by atoms with E-state index in [1.54, 1.807) is 6.07 Å². The number of halogens is 3. The summed E-state index contributed by atoms with van der Waals surface area (Å²) < 4.78 is 37.0. The number of rotatable bonds is 2. The van der Waals surface area contributed by atoms with Crippen LogP contribution in [0.3, 0.4) is 0 Å². The maximum Gasteiger partial charge on any atom is 0.416 e. The van der Waals surface area contributed by atoms with Gasteiger partial charge in [0.1, 0.15) is 6.42 Å². The zero-order valence-electron chi connectivity index (χ0n) is 7.65. The van der Waals surface area contributed by atoms with Gasteiger partial charge in [-0.3, -0.25) is 0 Å². The highest BCUT2D eigenvalue weighted by atomic mass is 19.4. The van der Waals surface area contributed by atoms with Gasteiger partial charge in [0.2, 0.25) is 0 Å². The van der Waals surface area contributed by atoms with Crippen LogP contribution in [0.25, 0.3) is 0 Å². The second kappa shape index (κ2) is 4.14. The molecule has 0 aliphatic rings. The molecule has 0 atom stereocenters. The van der Waals surface area contributed by atoms with Crippen molar-refractivity contribution >= 4 is 5.82 Å². The second-order valence-corrected chi connectivity index (χ2v) is 2.80. The summed E-state index contributed by atoms with van der Waals surface area (Å²) in [6.07, 6.45) is -5.11. The van der Waals surface area contributed by atoms with E-state index >= 15 is 0 Å².